The average Bonchev–Trinajstić information content (AvgIpc) is 3.10. The van der Waals surface area contributed by atoms with Crippen LogP contribution in [0, 0.1) is 10.1 Å². The maximum atomic E-state index is 12.3. The third-order valence-corrected chi connectivity index (χ3v) is 7.71. The van der Waals surface area contributed by atoms with Gasteiger partial charge >= 0.3 is 10.1 Å². The van der Waals surface area contributed by atoms with Crippen molar-refractivity contribution in [2.75, 3.05) is 11.5 Å². The lowest BCUT2D eigenvalue weighted by molar-refractivity contribution is -0.387. The van der Waals surface area contributed by atoms with Crippen LogP contribution in [-0.2, 0) is 10.1 Å². The van der Waals surface area contributed by atoms with Gasteiger partial charge in [-0.1, -0.05) is 24.3 Å². The molecule has 0 bridgehead atoms. The van der Waals surface area contributed by atoms with Crippen molar-refractivity contribution in [1.82, 2.24) is 0 Å². The van der Waals surface area contributed by atoms with E-state index in [1.165, 1.54) is 12.1 Å². The second kappa shape index (κ2) is 7.04. The molecule has 3 rings (SSSR count). The molecule has 1 fully saturated rings. The van der Waals surface area contributed by atoms with Crippen LogP contribution in [0.4, 0.5) is 5.69 Å². The number of benzene rings is 2. The SMILES string of the molecule is O=[N+]([O-])c1ccccc1S(=O)(=O)Oc1ccc(C2SCCS2)cc1. The first kappa shape index (κ1) is 17.1. The van der Waals surface area contributed by atoms with Gasteiger partial charge in [0.05, 0.1) is 9.51 Å². The predicted octanol–water partition coefficient (Wildman–Crippen LogP) is 3.84. The minimum Gasteiger partial charge on any atom is -0.379 e. The van der Waals surface area contributed by atoms with E-state index >= 15 is 0 Å². The minimum atomic E-state index is -4.27. The minimum absolute atomic E-state index is 0.130. The molecule has 0 amide bonds. The smallest absolute Gasteiger partial charge is 0.346 e. The molecule has 1 aliphatic rings. The van der Waals surface area contributed by atoms with Crippen molar-refractivity contribution in [1.29, 1.82) is 0 Å². The van der Waals surface area contributed by atoms with E-state index in [-0.39, 0.29) is 5.75 Å². The van der Waals surface area contributed by atoms with Crippen LogP contribution in [0.1, 0.15) is 10.1 Å². The highest BCUT2D eigenvalue weighted by Crippen LogP contribution is 2.45. The summed E-state index contributed by atoms with van der Waals surface area (Å²) in [5.74, 6) is 2.32. The van der Waals surface area contributed by atoms with Crippen LogP contribution in [0.15, 0.2) is 53.4 Å². The highest BCUT2D eigenvalue weighted by atomic mass is 32.2. The molecule has 1 heterocycles. The van der Waals surface area contributed by atoms with Gasteiger partial charge in [0.25, 0.3) is 5.69 Å². The molecule has 24 heavy (non-hydrogen) atoms. The summed E-state index contributed by atoms with van der Waals surface area (Å²) in [6, 6.07) is 11.9. The highest BCUT2D eigenvalue weighted by Gasteiger charge is 2.27. The quantitative estimate of drug-likeness (QED) is 0.440. The van der Waals surface area contributed by atoms with E-state index in [0.717, 1.165) is 29.2 Å². The Morgan fingerprint density at radius 2 is 1.67 bits per heavy atom. The topological polar surface area (TPSA) is 86.5 Å². The largest absolute Gasteiger partial charge is 0.379 e. The predicted molar refractivity (Wildman–Crippen MR) is 95.0 cm³/mol. The van der Waals surface area contributed by atoms with E-state index in [1.807, 2.05) is 35.7 Å². The lowest BCUT2D eigenvalue weighted by Gasteiger charge is -2.10. The molecule has 0 atom stereocenters. The maximum absolute atomic E-state index is 12.3. The third kappa shape index (κ3) is 3.68. The van der Waals surface area contributed by atoms with Gasteiger partial charge in [-0.05, 0) is 23.8 Å². The Labute approximate surface area is 147 Å². The van der Waals surface area contributed by atoms with Gasteiger partial charge in [0.1, 0.15) is 5.75 Å². The first-order valence-electron chi connectivity index (χ1n) is 6.98. The van der Waals surface area contributed by atoms with Crippen molar-refractivity contribution in [3.05, 3.63) is 64.2 Å². The number of hydrogen-bond acceptors (Lipinski definition) is 7. The molecule has 1 saturated heterocycles. The first-order valence-corrected chi connectivity index (χ1v) is 10.5. The summed E-state index contributed by atoms with van der Waals surface area (Å²) < 4.78 is 30.1. The summed E-state index contributed by atoms with van der Waals surface area (Å²) in [6.07, 6.45) is 0. The number of para-hydroxylation sites is 1. The molecule has 1 aliphatic heterocycles. The number of nitrogens with zero attached hydrogens (tertiary/aromatic N) is 1. The molecule has 9 heteroatoms. The van der Waals surface area contributed by atoms with Gasteiger partial charge in [-0.25, -0.2) is 0 Å². The van der Waals surface area contributed by atoms with Crippen molar-refractivity contribution in [2.24, 2.45) is 0 Å². The second-order valence-corrected chi connectivity index (χ2v) is 9.14. The van der Waals surface area contributed by atoms with E-state index in [1.54, 1.807) is 12.1 Å². The van der Waals surface area contributed by atoms with Crippen LogP contribution in [0.3, 0.4) is 0 Å². The average molecular weight is 383 g/mol. The van der Waals surface area contributed by atoms with Crippen LogP contribution in [0.5, 0.6) is 5.75 Å². The van der Waals surface area contributed by atoms with Crippen LogP contribution >= 0.6 is 23.5 Å². The van der Waals surface area contributed by atoms with Crippen molar-refractivity contribution in [3.63, 3.8) is 0 Å². The fourth-order valence-electron chi connectivity index (χ4n) is 2.22. The van der Waals surface area contributed by atoms with E-state index in [4.69, 9.17) is 4.18 Å². The Hall–Kier alpha value is -1.71. The summed E-state index contributed by atoms with van der Waals surface area (Å²) in [5, 5.41) is 11.0. The zero-order valence-corrected chi connectivity index (χ0v) is 14.8. The van der Waals surface area contributed by atoms with Crippen LogP contribution in [-0.4, -0.2) is 24.8 Å². The van der Waals surface area contributed by atoms with E-state index < -0.39 is 25.6 Å². The summed E-state index contributed by atoms with van der Waals surface area (Å²) in [6.45, 7) is 0. The van der Waals surface area contributed by atoms with Crippen molar-refractivity contribution in [2.45, 2.75) is 9.48 Å². The Kier molecular flexibility index (Phi) is 5.02. The van der Waals surface area contributed by atoms with Gasteiger partial charge in [-0.15, -0.1) is 23.5 Å². The molecule has 2 aromatic rings. The van der Waals surface area contributed by atoms with Crippen molar-refractivity contribution in [3.8, 4) is 5.75 Å². The number of hydrogen-bond donors (Lipinski definition) is 0. The molecule has 0 aromatic heterocycles. The fourth-order valence-corrected chi connectivity index (χ4v) is 6.18. The van der Waals surface area contributed by atoms with Gasteiger partial charge in [-0.3, -0.25) is 10.1 Å². The molecule has 2 aromatic carbocycles. The normalized spacial score (nSPS) is 15.3. The number of nitro benzene ring substituents is 1. The first-order chi connectivity index (χ1) is 11.5. The molecule has 0 radical (unpaired) electrons. The molecule has 126 valence electrons. The van der Waals surface area contributed by atoms with Gasteiger partial charge in [0, 0.05) is 17.6 Å². The standard InChI is InChI=1S/C15H13NO5S3/c17-16(18)13-3-1-2-4-14(13)24(19,20)21-12-7-5-11(6-8-12)15-22-9-10-23-15/h1-8,15H,9-10H2. The monoisotopic (exact) mass is 383 g/mol. The van der Waals surface area contributed by atoms with E-state index in [9.17, 15) is 18.5 Å². The summed E-state index contributed by atoms with van der Waals surface area (Å²) in [4.78, 5) is 9.79. The summed E-state index contributed by atoms with van der Waals surface area (Å²) in [5.41, 5.74) is 0.589. The second-order valence-electron chi connectivity index (χ2n) is 4.90. The number of rotatable bonds is 5. The van der Waals surface area contributed by atoms with E-state index in [2.05, 4.69) is 0 Å². The van der Waals surface area contributed by atoms with E-state index in [0.29, 0.717) is 4.58 Å². The van der Waals surface area contributed by atoms with Crippen molar-refractivity contribution < 1.29 is 17.5 Å². The maximum Gasteiger partial charge on any atom is 0.346 e. The van der Waals surface area contributed by atoms with Gasteiger partial charge in [0.2, 0.25) is 0 Å². The van der Waals surface area contributed by atoms with Crippen LogP contribution < -0.4 is 4.18 Å². The third-order valence-electron chi connectivity index (χ3n) is 3.31. The molecule has 6 nitrogen and oxygen atoms in total. The highest BCUT2D eigenvalue weighted by molar-refractivity contribution is 8.19. The Bertz CT molecular complexity index is 846. The molecule has 0 unspecified atom stereocenters. The van der Waals surface area contributed by atoms with Gasteiger partial charge < -0.3 is 4.18 Å². The Morgan fingerprint density at radius 1 is 1.04 bits per heavy atom. The molecule has 0 saturated carbocycles. The Morgan fingerprint density at radius 3 is 2.29 bits per heavy atom. The summed E-state index contributed by atoms with van der Waals surface area (Å²) in [7, 11) is -4.27. The van der Waals surface area contributed by atoms with Gasteiger partial charge in [-0.2, -0.15) is 8.42 Å². The molecule has 0 spiro atoms. The molecule has 0 aliphatic carbocycles. The van der Waals surface area contributed by atoms with Gasteiger partial charge in [0.15, 0.2) is 4.90 Å². The van der Waals surface area contributed by atoms with Crippen molar-refractivity contribution >= 4 is 39.3 Å². The lowest BCUT2D eigenvalue weighted by atomic mass is 10.2. The Balaban J connectivity index is 1.83. The fraction of sp³-hybridized carbons (Fsp3) is 0.200. The van der Waals surface area contributed by atoms with Crippen LogP contribution in [0.2, 0.25) is 0 Å². The lowest BCUT2D eigenvalue weighted by Crippen LogP contribution is -2.11. The zero-order valence-electron chi connectivity index (χ0n) is 12.3. The van der Waals surface area contributed by atoms with Crippen LogP contribution in [0.25, 0.3) is 0 Å². The molecular weight excluding hydrogens is 370 g/mol. The molecule has 0 N–H and O–H groups in total. The summed E-state index contributed by atoms with van der Waals surface area (Å²) >= 11 is 3.69. The molecular formula is C15H13NO5S3. The number of thioether (sulfide) groups is 2. The number of nitro groups is 1. The zero-order chi connectivity index (χ0) is 17.2.